The maximum absolute atomic E-state index is 12.4. The first-order valence-corrected chi connectivity index (χ1v) is 8.50. The van der Waals surface area contributed by atoms with Crippen molar-refractivity contribution in [1.82, 2.24) is 4.90 Å². The lowest BCUT2D eigenvalue weighted by molar-refractivity contribution is -0.385. The fraction of sp³-hybridized carbons (Fsp3) is 0.167. The number of amides is 3. The Kier molecular flexibility index (Phi) is 5.40. The minimum absolute atomic E-state index is 0.0198. The fourth-order valence-electron chi connectivity index (χ4n) is 2.93. The smallest absolute Gasteiger partial charge is 0.271 e. The monoisotopic (exact) mass is 414 g/mol. The molecule has 0 bridgehead atoms. The number of ether oxygens (including phenoxy) is 1. The Morgan fingerprint density at radius 1 is 1.00 bits per heavy atom. The van der Waals surface area contributed by atoms with Crippen LogP contribution in [0.1, 0.15) is 27.1 Å². The molecular weight excluding hydrogens is 400 g/mol. The molecule has 1 aliphatic rings. The topological polar surface area (TPSA) is 162 Å². The molecule has 12 heteroatoms. The molecule has 0 aromatic heterocycles. The SMILES string of the molecule is COc1ccc([N+](=O)[O-])cc1NC(=O)CCN1C(=O)c2ccc([N+](=O)[O-])cc2C1=O. The highest BCUT2D eigenvalue weighted by atomic mass is 16.6. The highest BCUT2D eigenvalue weighted by molar-refractivity contribution is 6.21. The van der Waals surface area contributed by atoms with Gasteiger partial charge in [-0.05, 0) is 12.1 Å². The third-order valence-corrected chi connectivity index (χ3v) is 4.40. The van der Waals surface area contributed by atoms with E-state index in [0.29, 0.717) is 0 Å². The summed E-state index contributed by atoms with van der Waals surface area (Å²) in [6.07, 6.45) is -0.292. The molecule has 0 saturated heterocycles. The predicted octanol–water partition coefficient (Wildman–Crippen LogP) is 2.14. The van der Waals surface area contributed by atoms with E-state index in [9.17, 15) is 34.6 Å². The van der Waals surface area contributed by atoms with Crippen molar-refractivity contribution in [3.05, 3.63) is 67.8 Å². The number of rotatable bonds is 7. The summed E-state index contributed by atoms with van der Waals surface area (Å²) in [5.74, 6) is -1.82. The Labute approximate surface area is 168 Å². The Morgan fingerprint density at radius 3 is 2.23 bits per heavy atom. The number of nitro groups is 2. The zero-order valence-electron chi connectivity index (χ0n) is 15.5. The highest BCUT2D eigenvalue weighted by Gasteiger charge is 2.36. The van der Waals surface area contributed by atoms with Gasteiger partial charge >= 0.3 is 0 Å². The van der Waals surface area contributed by atoms with Gasteiger partial charge in [-0.3, -0.25) is 39.5 Å². The molecule has 0 radical (unpaired) electrons. The van der Waals surface area contributed by atoms with E-state index >= 15 is 0 Å². The van der Waals surface area contributed by atoms with Crippen molar-refractivity contribution < 1.29 is 29.0 Å². The maximum Gasteiger partial charge on any atom is 0.271 e. The quantitative estimate of drug-likeness (QED) is 0.409. The number of anilines is 1. The van der Waals surface area contributed by atoms with Crippen LogP contribution in [0.4, 0.5) is 17.1 Å². The Balaban J connectivity index is 1.70. The van der Waals surface area contributed by atoms with Gasteiger partial charge in [0.1, 0.15) is 5.75 Å². The minimum atomic E-state index is -0.737. The van der Waals surface area contributed by atoms with Crippen molar-refractivity contribution >= 4 is 34.8 Å². The number of hydrogen-bond donors (Lipinski definition) is 1. The van der Waals surface area contributed by atoms with E-state index in [1.165, 1.54) is 25.3 Å². The first-order chi connectivity index (χ1) is 14.2. The van der Waals surface area contributed by atoms with Gasteiger partial charge in [-0.25, -0.2) is 0 Å². The number of nitrogens with one attached hydrogen (secondary N) is 1. The van der Waals surface area contributed by atoms with Crippen LogP contribution in [-0.2, 0) is 4.79 Å². The number of non-ortho nitro benzene ring substituents is 2. The lowest BCUT2D eigenvalue weighted by Gasteiger charge is -2.14. The van der Waals surface area contributed by atoms with Crippen LogP contribution in [0.5, 0.6) is 5.75 Å². The second kappa shape index (κ2) is 7.95. The van der Waals surface area contributed by atoms with Crippen LogP contribution in [0.2, 0.25) is 0 Å². The summed E-state index contributed by atoms with van der Waals surface area (Å²) in [5.41, 5.74) is -0.601. The molecule has 3 amide bonds. The number of methoxy groups -OCH3 is 1. The summed E-state index contributed by atoms with van der Waals surface area (Å²) in [5, 5.41) is 24.2. The number of fused-ring (bicyclic) bond motifs is 1. The standard InChI is InChI=1S/C18H14N4O8/c1-30-15-5-3-11(22(28)29)9-14(15)19-16(23)6-7-20-17(24)12-4-2-10(21(26)27)8-13(12)18(20)25/h2-5,8-9H,6-7H2,1H3,(H,19,23). The summed E-state index contributed by atoms with van der Waals surface area (Å²) in [6, 6.07) is 7.00. The Morgan fingerprint density at radius 2 is 1.60 bits per heavy atom. The van der Waals surface area contributed by atoms with Gasteiger partial charge in [0.2, 0.25) is 5.91 Å². The van der Waals surface area contributed by atoms with Crippen LogP contribution in [-0.4, -0.2) is 46.1 Å². The number of carbonyl (C=O) groups excluding carboxylic acids is 3. The zero-order chi connectivity index (χ0) is 22.0. The van der Waals surface area contributed by atoms with Gasteiger partial charge in [-0.2, -0.15) is 0 Å². The van der Waals surface area contributed by atoms with E-state index in [1.807, 2.05) is 0 Å². The van der Waals surface area contributed by atoms with Crippen molar-refractivity contribution in [3.63, 3.8) is 0 Å². The molecule has 0 unspecified atom stereocenters. The van der Waals surface area contributed by atoms with Gasteiger partial charge in [-0.15, -0.1) is 0 Å². The third-order valence-electron chi connectivity index (χ3n) is 4.40. The van der Waals surface area contributed by atoms with E-state index < -0.39 is 27.6 Å². The molecule has 1 N–H and O–H groups in total. The predicted molar refractivity (Wildman–Crippen MR) is 101 cm³/mol. The summed E-state index contributed by atoms with van der Waals surface area (Å²) in [6.45, 7) is -0.275. The summed E-state index contributed by atoms with van der Waals surface area (Å²) in [4.78, 5) is 58.4. The number of imide groups is 1. The Bertz CT molecular complexity index is 1100. The molecule has 0 saturated carbocycles. The zero-order valence-corrected chi connectivity index (χ0v) is 15.5. The highest BCUT2D eigenvalue weighted by Crippen LogP contribution is 2.30. The van der Waals surface area contributed by atoms with Crippen molar-refractivity contribution in [2.45, 2.75) is 6.42 Å². The van der Waals surface area contributed by atoms with Gasteiger partial charge in [-0.1, -0.05) is 0 Å². The molecule has 0 atom stereocenters. The minimum Gasteiger partial charge on any atom is -0.495 e. The molecule has 0 aliphatic carbocycles. The molecule has 3 rings (SSSR count). The van der Waals surface area contributed by atoms with Crippen LogP contribution in [0.15, 0.2) is 36.4 Å². The first-order valence-electron chi connectivity index (χ1n) is 8.50. The molecule has 154 valence electrons. The van der Waals surface area contributed by atoms with Crippen LogP contribution in [0.25, 0.3) is 0 Å². The molecule has 2 aromatic carbocycles. The van der Waals surface area contributed by atoms with Gasteiger partial charge in [0.05, 0.1) is 33.8 Å². The van der Waals surface area contributed by atoms with E-state index in [4.69, 9.17) is 4.74 Å². The summed E-state index contributed by atoms with van der Waals surface area (Å²) in [7, 11) is 1.33. The number of hydrogen-bond acceptors (Lipinski definition) is 8. The number of nitro benzene ring substituents is 2. The van der Waals surface area contributed by atoms with Gasteiger partial charge in [0.25, 0.3) is 23.2 Å². The van der Waals surface area contributed by atoms with Gasteiger partial charge < -0.3 is 10.1 Å². The number of benzene rings is 2. The fourth-order valence-corrected chi connectivity index (χ4v) is 2.93. The van der Waals surface area contributed by atoms with Gasteiger partial charge in [0.15, 0.2) is 0 Å². The summed E-state index contributed by atoms with van der Waals surface area (Å²) < 4.78 is 5.05. The number of nitrogens with zero attached hydrogens (tertiary/aromatic N) is 3. The maximum atomic E-state index is 12.4. The molecule has 1 heterocycles. The van der Waals surface area contributed by atoms with E-state index in [2.05, 4.69) is 5.32 Å². The lowest BCUT2D eigenvalue weighted by Crippen LogP contribution is -2.32. The molecule has 30 heavy (non-hydrogen) atoms. The van der Waals surface area contributed by atoms with E-state index in [0.717, 1.165) is 23.1 Å². The second-order valence-electron chi connectivity index (χ2n) is 6.19. The molecule has 2 aromatic rings. The van der Waals surface area contributed by atoms with Crippen molar-refractivity contribution in [2.24, 2.45) is 0 Å². The van der Waals surface area contributed by atoms with Crippen molar-refractivity contribution in [2.75, 3.05) is 19.0 Å². The van der Waals surface area contributed by atoms with Crippen LogP contribution >= 0.6 is 0 Å². The lowest BCUT2D eigenvalue weighted by atomic mass is 10.1. The average Bonchev–Trinajstić information content (AvgIpc) is 2.95. The Hall–Kier alpha value is -4.35. The molecule has 12 nitrogen and oxygen atoms in total. The second-order valence-corrected chi connectivity index (χ2v) is 6.19. The molecule has 1 aliphatic heterocycles. The average molecular weight is 414 g/mol. The normalized spacial score (nSPS) is 12.5. The molecular formula is C18H14N4O8. The van der Waals surface area contributed by atoms with E-state index in [-0.39, 0.29) is 46.9 Å². The third kappa shape index (κ3) is 3.78. The van der Waals surface area contributed by atoms with Gasteiger partial charge in [0, 0.05) is 37.2 Å². The summed E-state index contributed by atoms with van der Waals surface area (Å²) >= 11 is 0. The molecule has 0 spiro atoms. The molecule has 0 fully saturated rings. The van der Waals surface area contributed by atoms with E-state index in [1.54, 1.807) is 0 Å². The van der Waals surface area contributed by atoms with Crippen LogP contribution < -0.4 is 10.1 Å². The number of carbonyl (C=O) groups is 3. The largest absolute Gasteiger partial charge is 0.495 e. The van der Waals surface area contributed by atoms with Crippen molar-refractivity contribution in [3.8, 4) is 5.75 Å². The first kappa shape index (κ1) is 20.4. The van der Waals surface area contributed by atoms with Crippen LogP contribution in [0, 0.1) is 20.2 Å². The van der Waals surface area contributed by atoms with Crippen LogP contribution in [0.3, 0.4) is 0 Å². The van der Waals surface area contributed by atoms with Crippen molar-refractivity contribution in [1.29, 1.82) is 0 Å².